The molecule has 6 aromatic carbocycles. The predicted molar refractivity (Wildman–Crippen MR) is 187 cm³/mol. The second-order valence-corrected chi connectivity index (χ2v) is 12.4. The molecule has 0 unspecified atom stereocenters. The number of imidazole rings is 1. The number of nitrogens with zero attached hydrogens (tertiary/aromatic N) is 5. The van der Waals surface area contributed by atoms with Crippen LogP contribution < -0.4 is 0 Å². The predicted octanol–water partition coefficient (Wildman–Crippen LogP) is 10.2. The molecular weight excluding hydrogens is 587 g/mol. The first kappa shape index (κ1) is 25.3. The van der Waals surface area contributed by atoms with Crippen LogP contribution in [0.3, 0.4) is 0 Å². The van der Waals surface area contributed by atoms with Gasteiger partial charge in [0.2, 0.25) is 11.8 Å². The molecule has 7 heteroatoms. The molecular formula is C39H23N5OS. The van der Waals surface area contributed by atoms with Gasteiger partial charge in [-0.15, -0.1) is 11.3 Å². The van der Waals surface area contributed by atoms with Crippen molar-refractivity contribution in [3.8, 4) is 33.7 Å². The fourth-order valence-electron chi connectivity index (χ4n) is 6.49. The summed E-state index contributed by atoms with van der Waals surface area (Å²) in [6.07, 6.45) is 0. The van der Waals surface area contributed by atoms with E-state index in [-0.39, 0.29) is 0 Å². The van der Waals surface area contributed by atoms with Crippen LogP contribution in [0, 0.1) is 0 Å². The lowest BCUT2D eigenvalue weighted by atomic mass is 10.1. The largest absolute Gasteiger partial charge is 0.436 e. The first-order chi connectivity index (χ1) is 22.8. The van der Waals surface area contributed by atoms with Crippen molar-refractivity contribution in [1.29, 1.82) is 0 Å². The number of aromatic nitrogens is 5. The molecule has 0 fully saturated rings. The number of thiazole rings is 1. The average Bonchev–Trinajstić information content (AvgIpc) is 3.89. The Balaban J connectivity index is 1.28. The number of oxazole rings is 1. The molecule has 0 amide bonds. The van der Waals surface area contributed by atoms with Crippen molar-refractivity contribution >= 4 is 65.5 Å². The Morgan fingerprint density at radius 3 is 1.98 bits per heavy atom. The fraction of sp³-hybridized carbons (Fsp3) is 0. The first-order valence-corrected chi connectivity index (χ1v) is 15.9. The van der Waals surface area contributed by atoms with Gasteiger partial charge < -0.3 is 4.42 Å². The lowest BCUT2D eigenvalue weighted by molar-refractivity contribution is 0.620. The SMILES string of the molecule is c1ccc(-n2c(-n3c4ccc(-c5nc6ccccc6o5)cc4c4cc(-c5nc6ccccc6s5)ccc43)nc3ccccc32)cc1. The van der Waals surface area contributed by atoms with Crippen molar-refractivity contribution in [2.75, 3.05) is 0 Å². The Hall–Kier alpha value is -6.05. The number of hydrogen-bond donors (Lipinski definition) is 0. The van der Waals surface area contributed by atoms with Gasteiger partial charge in [-0.1, -0.05) is 54.6 Å². The molecule has 46 heavy (non-hydrogen) atoms. The van der Waals surface area contributed by atoms with E-state index in [1.54, 1.807) is 11.3 Å². The van der Waals surface area contributed by atoms with Crippen LogP contribution in [-0.2, 0) is 0 Å². The first-order valence-electron chi connectivity index (χ1n) is 15.1. The average molecular weight is 610 g/mol. The summed E-state index contributed by atoms with van der Waals surface area (Å²) in [5.74, 6) is 1.43. The van der Waals surface area contributed by atoms with Crippen molar-refractivity contribution in [3.05, 3.63) is 140 Å². The van der Waals surface area contributed by atoms with Crippen LogP contribution >= 0.6 is 11.3 Å². The van der Waals surface area contributed by atoms with Crippen molar-refractivity contribution in [1.82, 2.24) is 24.1 Å². The Morgan fingerprint density at radius 2 is 1.17 bits per heavy atom. The topological polar surface area (TPSA) is 61.7 Å². The van der Waals surface area contributed by atoms with Crippen LogP contribution in [0.15, 0.2) is 144 Å². The maximum absolute atomic E-state index is 6.21. The zero-order valence-corrected chi connectivity index (χ0v) is 25.1. The molecule has 6 nitrogen and oxygen atoms in total. The molecule has 0 aliphatic carbocycles. The molecule has 0 saturated heterocycles. The van der Waals surface area contributed by atoms with Gasteiger partial charge in [0, 0.05) is 27.6 Å². The molecule has 0 spiro atoms. The van der Waals surface area contributed by atoms with Crippen molar-refractivity contribution in [2.45, 2.75) is 0 Å². The lowest BCUT2D eigenvalue weighted by Crippen LogP contribution is -2.05. The zero-order valence-electron chi connectivity index (χ0n) is 24.3. The van der Waals surface area contributed by atoms with E-state index in [0.29, 0.717) is 5.89 Å². The third-order valence-corrected chi connectivity index (χ3v) is 9.69. The van der Waals surface area contributed by atoms with Crippen LogP contribution in [0.25, 0.3) is 87.8 Å². The van der Waals surface area contributed by atoms with Crippen LogP contribution in [-0.4, -0.2) is 24.1 Å². The van der Waals surface area contributed by atoms with Crippen LogP contribution in [0.1, 0.15) is 0 Å². The van der Waals surface area contributed by atoms with E-state index < -0.39 is 0 Å². The third kappa shape index (κ3) is 3.79. The van der Waals surface area contributed by atoms with Gasteiger partial charge in [0.1, 0.15) is 10.5 Å². The monoisotopic (exact) mass is 609 g/mol. The molecule has 10 rings (SSSR count). The van der Waals surface area contributed by atoms with E-state index in [4.69, 9.17) is 19.4 Å². The van der Waals surface area contributed by atoms with Gasteiger partial charge in [-0.25, -0.2) is 15.0 Å². The molecule has 0 bridgehead atoms. The highest BCUT2D eigenvalue weighted by atomic mass is 32.1. The number of para-hydroxylation sites is 6. The van der Waals surface area contributed by atoms with Gasteiger partial charge in [0.15, 0.2) is 5.58 Å². The Bertz CT molecular complexity index is 2570. The molecule has 0 aliphatic rings. The Kier molecular flexibility index (Phi) is 5.35. The minimum atomic E-state index is 0.600. The molecule has 10 aromatic rings. The summed E-state index contributed by atoms with van der Waals surface area (Å²) in [5, 5.41) is 3.19. The second-order valence-electron chi connectivity index (χ2n) is 11.3. The molecule has 4 aromatic heterocycles. The Labute approximate surface area is 266 Å². The molecule has 0 radical (unpaired) electrons. The molecule has 0 atom stereocenters. The van der Waals surface area contributed by atoms with Crippen molar-refractivity contribution < 1.29 is 4.42 Å². The summed E-state index contributed by atoms with van der Waals surface area (Å²) in [5.41, 5.74) is 9.77. The summed E-state index contributed by atoms with van der Waals surface area (Å²) in [4.78, 5) is 15.0. The third-order valence-electron chi connectivity index (χ3n) is 8.60. The maximum Gasteiger partial charge on any atom is 0.227 e. The summed E-state index contributed by atoms with van der Waals surface area (Å²) < 4.78 is 11.9. The smallest absolute Gasteiger partial charge is 0.227 e. The second kappa shape index (κ2) is 9.72. The van der Waals surface area contributed by atoms with Gasteiger partial charge in [-0.05, 0) is 84.9 Å². The van der Waals surface area contributed by atoms with Gasteiger partial charge in [0.25, 0.3) is 0 Å². The molecule has 0 saturated carbocycles. The summed E-state index contributed by atoms with van der Waals surface area (Å²) in [6, 6.07) is 48.0. The standard InChI is InChI=1S/C39H23N5OS/c1-2-10-26(11-3-1)43-34-15-7-4-12-29(34)42-39(43)44-32-20-18-24(37-40-30-13-5-8-16-35(30)45-37)22-27(32)28-23-25(19-21-33(28)44)38-41-31-14-6-9-17-36(31)46-38/h1-23H. The fourth-order valence-corrected chi connectivity index (χ4v) is 7.45. The van der Waals surface area contributed by atoms with E-state index >= 15 is 0 Å². The minimum absolute atomic E-state index is 0.600. The van der Waals surface area contributed by atoms with Crippen LogP contribution in [0.2, 0.25) is 0 Å². The van der Waals surface area contributed by atoms with E-state index in [9.17, 15) is 0 Å². The summed E-state index contributed by atoms with van der Waals surface area (Å²) in [6.45, 7) is 0. The van der Waals surface area contributed by atoms with Gasteiger partial charge in [-0.3, -0.25) is 9.13 Å². The lowest BCUT2D eigenvalue weighted by Gasteiger charge is -2.12. The van der Waals surface area contributed by atoms with Crippen molar-refractivity contribution in [3.63, 3.8) is 0 Å². The van der Waals surface area contributed by atoms with E-state index in [0.717, 1.165) is 77.2 Å². The minimum Gasteiger partial charge on any atom is -0.436 e. The maximum atomic E-state index is 6.21. The van der Waals surface area contributed by atoms with Gasteiger partial charge in [-0.2, -0.15) is 0 Å². The number of hydrogen-bond acceptors (Lipinski definition) is 5. The van der Waals surface area contributed by atoms with E-state index in [2.05, 4.69) is 106 Å². The highest BCUT2D eigenvalue weighted by molar-refractivity contribution is 7.21. The summed E-state index contributed by atoms with van der Waals surface area (Å²) in [7, 11) is 0. The number of rotatable bonds is 4. The zero-order chi connectivity index (χ0) is 30.2. The van der Waals surface area contributed by atoms with E-state index in [1.165, 1.54) is 4.70 Å². The van der Waals surface area contributed by atoms with Gasteiger partial charge in [0.05, 0.1) is 32.3 Å². The number of fused-ring (bicyclic) bond motifs is 6. The van der Waals surface area contributed by atoms with Crippen LogP contribution in [0.5, 0.6) is 0 Å². The molecule has 0 aliphatic heterocycles. The van der Waals surface area contributed by atoms with Crippen molar-refractivity contribution in [2.24, 2.45) is 0 Å². The number of benzene rings is 6. The summed E-state index contributed by atoms with van der Waals surface area (Å²) >= 11 is 1.71. The normalized spacial score (nSPS) is 11.9. The molecule has 216 valence electrons. The molecule has 0 N–H and O–H groups in total. The van der Waals surface area contributed by atoms with E-state index in [1.807, 2.05) is 42.5 Å². The van der Waals surface area contributed by atoms with Gasteiger partial charge >= 0.3 is 0 Å². The Morgan fingerprint density at radius 1 is 0.500 bits per heavy atom. The quantitative estimate of drug-likeness (QED) is 0.199. The highest BCUT2D eigenvalue weighted by Gasteiger charge is 2.22. The van der Waals surface area contributed by atoms with Crippen LogP contribution in [0.4, 0.5) is 0 Å². The molecule has 4 heterocycles. The highest BCUT2D eigenvalue weighted by Crippen LogP contribution is 2.39.